The molecule has 0 saturated heterocycles. The van der Waals surface area contributed by atoms with Crippen LogP contribution in [0.15, 0.2) is 10.5 Å². The summed E-state index contributed by atoms with van der Waals surface area (Å²) in [6.45, 7) is 3.68. The Morgan fingerprint density at radius 2 is 2.27 bits per heavy atom. The number of nitrogens with zero attached hydrogens (tertiary/aromatic N) is 5. The van der Waals surface area contributed by atoms with E-state index in [1.807, 2.05) is 21.9 Å². The molecule has 1 fully saturated rings. The molecule has 2 aromatic heterocycles. The van der Waals surface area contributed by atoms with Gasteiger partial charge in [0.2, 0.25) is 5.91 Å². The van der Waals surface area contributed by atoms with Crippen molar-refractivity contribution in [1.29, 1.82) is 0 Å². The van der Waals surface area contributed by atoms with Crippen LogP contribution in [0.2, 0.25) is 0 Å². The van der Waals surface area contributed by atoms with Crippen LogP contribution in [0.3, 0.4) is 0 Å². The van der Waals surface area contributed by atoms with E-state index in [4.69, 9.17) is 0 Å². The van der Waals surface area contributed by atoms with Gasteiger partial charge in [0, 0.05) is 37.6 Å². The van der Waals surface area contributed by atoms with Crippen molar-refractivity contribution >= 4 is 34.1 Å². The molecule has 2 heterocycles. The Kier molecular flexibility index (Phi) is 4.49. The quantitative estimate of drug-likeness (QED) is 0.758. The number of thioether (sulfide) groups is 1. The van der Waals surface area contributed by atoms with E-state index in [1.54, 1.807) is 30.0 Å². The minimum absolute atomic E-state index is 0.0805. The summed E-state index contributed by atoms with van der Waals surface area (Å²) in [6, 6.07) is 0.356. The molecule has 2 aromatic rings. The Hall–Kier alpha value is -1.41. The highest BCUT2D eigenvalue weighted by atomic mass is 32.2. The number of hydrogen-bond acceptors (Lipinski definition) is 6. The number of hydrogen-bond donors (Lipinski definition) is 0. The second kappa shape index (κ2) is 6.37. The summed E-state index contributed by atoms with van der Waals surface area (Å²) in [5.74, 6) is 1.80. The van der Waals surface area contributed by atoms with Gasteiger partial charge in [0.1, 0.15) is 5.82 Å². The molecule has 8 heteroatoms. The Morgan fingerprint density at radius 3 is 2.86 bits per heavy atom. The Balaban J connectivity index is 1.66. The van der Waals surface area contributed by atoms with Crippen LogP contribution in [0.25, 0.3) is 0 Å². The summed E-state index contributed by atoms with van der Waals surface area (Å²) in [5, 5.41) is 12.1. The first-order valence-corrected chi connectivity index (χ1v) is 9.22. The topological polar surface area (TPSA) is 63.9 Å². The van der Waals surface area contributed by atoms with Crippen LogP contribution >= 0.6 is 23.1 Å². The maximum Gasteiger partial charge on any atom is 0.225 e. The molecule has 0 spiro atoms. The summed E-state index contributed by atoms with van der Waals surface area (Å²) in [5.41, 5.74) is 0.984. The zero-order valence-electron chi connectivity index (χ0n) is 12.9. The SMILES string of the molecule is CCc1nnc(SCc2csc(N(C(C)=O)C3CC3)n2)n1C. The molecule has 1 aliphatic rings. The molecule has 6 nitrogen and oxygen atoms in total. The van der Waals surface area contributed by atoms with Gasteiger partial charge in [-0.1, -0.05) is 18.7 Å². The number of anilines is 1. The van der Waals surface area contributed by atoms with E-state index >= 15 is 0 Å². The molecule has 0 atom stereocenters. The Bertz CT molecular complexity index is 677. The van der Waals surface area contributed by atoms with Crippen LogP contribution in [0.4, 0.5) is 5.13 Å². The van der Waals surface area contributed by atoms with Gasteiger partial charge in [-0.2, -0.15) is 0 Å². The van der Waals surface area contributed by atoms with E-state index < -0.39 is 0 Å². The maximum atomic E-state index is 11.8. The van der Waals surface area contributed by atoms with Crippen LogP contribution in [-0.4, -0.2) is 31.7 Å². The third-order valence-electron chi connectivity index (χ3n) is 3.59. The van der Waals surface area contributed by atoms with Crippen LogP contribution in [-0.2, 0) is 24.0 Å². The van der Waals surface area contributed by atoms with E-state index in [0.29, 0.717) is 6.04 Å². The van der Waals surface area contributed by atoms with E-state index in [0.717, 1.165) is 46.8 Å². The molecule has 1 amide bonds. The normalized spacial score (nSPS) is 14.3. The molecule has 0 aromatic carbocycles. The van der Waals surface area contributed by atoms with Crippen molar-refractivity contribution in [2.45, 2.75) is 50.1 Å². The average molecular weight is 337 g/mol. The van der Waals surface area contributed by atoms with Crippen LogP contribution < -0.4 is 4.90 Å². The fraction of sp³-hybridized carbons (Fsp3) is 0.571. The van der Waals surface area contributed by atoms with Gasteiger partial charge in [-0.25, -0.2) is 4.98 Å². The second-order valence-corrected chi connectivity index (χ2v) is 7.12. The van der Waals surface area contributed by atoms with E-state index in [1.165, 1.54) is 0 Å². The summed E-state index contributed by atoms with van der Waals surface area (Å²) < 4.78 is 2.02. The van der Waals surface area contributed by atoms with Crippen molar-refractivity contribution in [1.82, 2.24) is 19.7 Å². The van der Waals surface area contributed by atoms with Gasteiger partial charge in [0.25, 0.3) is 0 Å². The fourth-order valence-electron chi connectivity index (χ4n) is 2.27. The van der Waals surface area contributed by atoms with Crippen LogP contribution in [0.1, 0.15) is 38.2 Å². The second-order valence-electron chi connectivity index (χ2n) is 5.34. The van der Waals surface area contributed by atoms with Crippen molar-refractivity contribution in [3.05, 3.63) is 16.9 Å². The number of carbonyl (C=O) groups excluding carboxylic acids is 1. The summed E-state index contributed by atoms with van der Waals surface area (Å²) in [6.07, 6.45) is 3.05. The molecule has 0 N–H and O–H groups in total. The fourth-order valence-corrected chi connectivity index (χ4v) is 4.14. The molecule has 1 saturated carbocycles. The number of aryl methyl sites for hydroxylation is 1. The highest BCUT2D eigenvalue weighted by Gasteiger charge is 2.33. The van der Waals surface area contributed by atoms with Crippen molar-refractivity contribution in [3.8, 4) is 0 Å². The maximum absolute atomic E-state index is 11.8. The lowest BCUT2D eigenvalue weighted by atomic mass is 10.5. The minimum atomic E-state index is 0.0805. The van der Waals surface area contributed by atoms with E-state index in [-0.39, 0.29) is 5.91 Å². The highest BCUT2D eigenvalue weighted by Crippen LogP contribution is 2.34. The van der Waals surface area contributed by atoms with E-state index in [2.05, 4.69) is 22.1 Å². The molecule has 22 heavy (non-hydrogen) atoms. The van der Waals surface area contributed by atoms with Gasteiger partial charge in [-0.15, -0.1) is 21.5 Å². The van der Waals surface area contributed by atoms with Crippen LogP contribution in [0, 0.1) is 0 Å². The molecule has 0 aliphatic heterocycles. The molecule has 0 radical (unpaired) electrons. The monoisotopic (exact) mass is 337 g/mol. The number of amides is 1. The largest absolute Gasteiger partial charge is 0.309 e. The molecular formula is C14H19N5OS2. The summed E-state index contributed by atoms with van der Waals surface area (Å²) >= 11 is 3.17. The summed E-state index contributed by atoms with van der Waals surface area (Å²) in [7, 11) is 1.98. The number of thiazole rings is 1. The first-order valence-electron chi connectivity index (χ1n) is 7.35. The number of rotatable bonds is 6. The van der Waals surface area contributed by atoms with Gasteiger partial charge in [0.05, 0.1) is 5.69 Å². The van der Waals surface area contributed by atoms with Gasteiger partial charge in [-0.3, -0.25) is 9.69 Å². The zero-order valence-corrected chi connectivity index (χ0v) is 14.6. The molecular weight excluding hydrogens is 318 g/mol. The lowest BCUT2D eigenvalue weighted by molar-refractivity contribution is -0.116. The molecule has 118 valence electrons. The van der Waals surface area contributed by atoms with Gasteiger partial charge >= 0.3 is 0 Å². The Labute approximate surface area is 137 Å². The highest BCUT2D eigenvalue weighted by molar-refractivity contribution is 7.98. The lowest BCUT2D eigenvalue weighted by Crippen LogP contribution is -2.30. The first kappa shape index (κ1) is 15.5. The van der Waals surface area contributed by atoms with Gasteiger partial charge in [-0.05, 0) is 12.8 Å². The lowest BCUT2D eigenvalue weighted by Gasteiger charge is -2.16. The predicted molar refractivity (Wildman–Crippen MR) is 88.2 cm³/mol. The third kappa shape index (κ3) is 3.17. The summed E-state index contributed by atoms with van der Waals surface area (Å²) in [4.78, 5) is 18.2. The van der Waals surface area contributed by atoms with Gasteiger partial charge in [0.15, 0.2) is 10.3 Å². The van der Waals surface area contributed by atoms with Crippen molar-refractivity contribution in [2.24, 2.45) is 7.05 Å². The number of aromatic nitrogens is 4. The van der Waals surface area contributed by atoms with Crippen molar-refractivity contribution in [2.75, 3.05) is 4.90 Å². The van der Waals surface area contributed by atoms with Crippen LogP contribution in [0.5, 0.6) is 0 Å². The van der Waals surface area contributed by atoms with Crippen molar-refractivity contribution < 1.29 is 4.79 Å². The standard InChI is InChI=1S/C14H19N5OS2/c1-4-12-16-17-14(18(12)3)22-8-10-7-21-13(15-10)19(9(2)20)11-5-6-11/h7,11H,4-6,8H2,1-3H3. The van der Waals surface area contributed by atoms with E-state index in [9.17, 15) is 4.79 Å². The number of carbonyl (C=O) groups is 1. The molecule has 0 bridgehead atoms. The Morgan fingerprint density at radius 1 is 1.50 bits per heavy atom. The molecule has 1 aliphatic carbocycles. The first-order chi connectivity index (χ1) is 10.6. The van der Waals surface area contributed by atoms with Crippen molar-refractivity contribution in [3.63, 3.8) is 0 Å². The third-order valence-corrected chi connectivity index (χ3v) is 5.53. The smallest absolute Gasteiger partial charge is 0.225 e. The predicted octanol–water partition coefficient (Wildman–Crippen LogP) is 2.64. The molecule has 3 rings (SSSR count). The average Bonchev–Trinajstić information content (AvgIpc) is 3.08. The molecule has 0 unspecified atom stereocenters. The zero-order chi connectivity index (χ0) is 15.7. The van der Waals surface area contributed by atoms with Gasteiger partial charge < -0.3 is 4.57 Å². The minimum Gasteiger partial charge on any atom is -0.309 e.